The van der Waals surface area contributed by atoms with Crippen LogP contribution in [0, 0.1) is 11.3 Å². The molecule has 2 fully saturated rings. The van der Waals surface area contributed by atoms with E-state index in [1.165, 1.54) is 23.1 Å². The van der Waals surface area contributed by atoms with Gasteiger partial charge in [-0.2, -0.15) is 15.0 Å². The summed E-state index contributed by atoms with van der Waals surface area (Å²) in [7, 11) is 0. The fourth-order valence-corrected chi connectivity index (χ4v) is 6.99. The Morgan fingerprint density at radius 2 is 1.62 bits per heavy atom. The number of anilines is 2. The molecular weight excluding hydrogens is 836 g/mol. The van der Waals surface area contributed by atoms with E-state index in [4.69, 9.17) is 23.7 Å². The Kier molecular flexibility index (Phi) is 15.5. The number of hydrogen-bond acceptors (Lipinski definition) is 16. The van der Waals surface area contributed by atoms with Crippen LogP contribution in [0.2, 0.25) is 0 Å². The van der Waals surface area contributed by atoms with Crippen molar-refractivity contribution in [3.8, 4) is 11.9 Å². The van der Waals surface area contributed by atoms with Crippen molar-refractivity contribution in [2.75, 3.05) is 83.2 Å². The maximum atomic E-state index is 15.0. The van der Waals surface area contributed by atoms with Crippen LogP contribution in [0.1, 0.15) is 69.2 Å². The molecule has 0 spiro atoms. The summed E-state index contributed by atoms with van der Waals surface area (Å²) in [6, 6.07) is 9.50. The molecule has 7 rings (SSSR count). The number of nitriles is 1. The number of benzene rings is 1. The number of aromatic nitrogens is 4. The molecule has 1 aromatic carbocycles. The summed E-state index contributed by atoms with van der Waals surface area (Å²) in [5, 5.41) is 25.5. The normalized spacial score (nSPS) is 17.0. The zero-order valence-electron chi connectivity index (χ0n) is 35.2. The van der Waals surface area contributed by atoms with Crippen molar-refractivity contribution in [2.24, 2.45) is 0 Å². The molecule has 5 heterocycles. The molecule has 1 saturated carbocycles. The van der Waals surface area contributed by atoms with Crippen LogP contribution < -0.4 is 21.3 Å². The summed E-state index contributed by atoms with van der Waals surface area (Å²) in [6.45, 7) is 4.34. The third-order valence-electron chi connectivity index (χ3n) is 10.5. The fraction of sp³-hybridized carbons (Fsp3) is 0.465. The van der Waals surface area contributed by atoms with E-state index in [0.717, 1.165) is 17.7 Å². The molecule has 0 bridgehead atoms. The van der Waals surface area contributed by atoms with Gasteiger partial charge in [-0.15, -0.1) is 0 Å². The van der Waals surface area contributed by atoms with Gasteiger partial charge < -0.3 is 39.6 Å². The molecular formula is C43H49FN10O10. The second kappa shape index (κ2) is 21.8. The van der Waals surface area contributed by atoms with E-state index in [0.29, 0.717) is 86.6 Å². The number of pyridine rings is 2. The standard InChI is InChI=1S/C43H49FN10O10/c1-26(32(44)25-49-40(56)31-24-47-36(20-34(31)51-29-5-6-29)54-39-28(23-50-54)19-27(21-45)22-48-39)64-18-17-63-16-15-62-14-13-61-12-11-60-10-9-46-33-4-2-3-30-38(33)43(59)53(42(30)58)35-7-8-37(55)52-41(35)57/h2-4,19-20,22-24,26,29,32,35,46H,5-18,25H2,1H3,(H,47,51)(H,49,56)(H,52,55,57). The fourth-order valence-electron chi connectivity index (χ4n) is 6.99. The van der Waals surface area contributed by atoms with Crippen LogP contribution in [0.5, 0.6) is 0 Å². The number of piperidine rings is 1. The molecule has 4 N–H and O–H groups in total. The molecule has 1 aliphatic carbocycles. The monoisotopic (exact) mass is 884 g/mol. The summed E-state index contributed by atoms with van der Waals surface area (Å²) in [5.41, 5.74) is 2.57. The first kappa shape index (κ1) is 45.6. The Morgan fingerprint density at radius 3 is 2.33 bits per heavy atom. The van der Waals surface area contributed by atoms with E-state index in [2.05, 4.69) is 42.4 Å². The van der Waals surface area contributed by atoms with Gasteiger partial charge in [0, 0.05) is 48.5 Å². The first-order valence-corrected chi connectivity index (χ1v) is 21.1. The smallest absolute Gasteiger partial charge is 0.264 e. The van der Waals surface area contributed by atoms with Crippen molar-refractivity contribution >= 4 is 51.9 Å². The van der Waals surface area contributed by atoms with Gasteiger partial charge in [0.1, 0.15) is 18.3 Å². The molecule has 1 saturated heterocycles. The predicted octanol–water partition coefficient (Wildman–Crippen LogP) is 2.31. The summed E-state index contributed by atoms with van der Waals surface area (Å²) >= 11 is 0. The maximum Gasteiger partial charge on any atom is 0.264 e. The molecule has 5 amide bonds. The molecule has 3 aliphatic rings. The molecule has 4 aromatic rings. The van der Waals surface area contributed by atoms with E-state index in [-0.39, 0.29) is 55.3 Å². The van der Waals surface area contributed by atoms with Gasteiger partial charge in [-0.1, -0.05) is 6.07 Å². The third-order valence-corrected chi connectivity index (χ3v) is 10.5. The van der Waals surface area contributed by atoms with Crippen molar-refractivity contribution in [1.82, 2.24) is 35.3 Å². The number of fused-ring (bicyclic) bond motifs is 2. The van der Waals surface area contributed by atoms with E-state index < -0.39 is 47.9 Å². The largest absolute Gasteiger partial charge is 0.382 e. The van der Waals surface area contributed by atoms with Crippen LogP contribution in [0.4, 0.5) is 15.8 Å². The highest BCUT2D eigenvalue weighted by Gasteiger charge is 2.45. The lowest BCUT2D eigenvalue weighted by Crippen LogP contribution is -2.54. The van der Waals surface area contributed by atoms with Crippen molar-refractivity contribution in [3.05, 3.63) is 71.2 Å². The third kappa shape index (κ3) is 11.4. The molecule has 3 aromatic heterocycles. The molecule has 64 heavy (non-hydrogen) atoms. The molecule has 20 nitrogen and oxygen atoms in total. The summed E-state index contributed by atoms with van der Waals surface area (Å²) in [6.07, 6.45) is 4.26. The number of carbonyl (C=O) groups excluding carboxylic acids is 5. The Balaban J connectivity index is 0.702. The van der Waals surface area contributed by atoms with Crippen molar-refractivity contribution < 1.29 is 52.0 Å². The number of nitrogens with zero attached hydrogens (tertiary/aromatic N) is 6. The lowest BCUT2D eigenvalue weighted by Gasteiger charge is -2.27. The molecule has 21 heteroatoms. The maximum absolute atomic E-state index is 15.0. The van der Waals surface area contributed by atoms with Gasteiger partial charge in [-0.3, -0.25) is 34.2 Å². The van der Waals surface area contributed by atoms with Crippen LogP contribution in [-0.4, -0.2) is 151 Å². The highest BCUT2D eigenvalue weighted by Crippen LogP contribution is 2.32. The number of imide groups is 2. The first-order chi connectivity index (χ1) is 31.1. The van der Waals surface area contributed by atoms with E-state index in [1.54, 1.807) is 37.4 Å². The second-order valence-electron chi connectivity index (χ2n) is 15.2. The van der Waals surface area contributed by atoms with Crippen LogP contribution in [0.25, 0.3) is 16.9 Å². The van der Waals surface area contributed by atoms with Gasteiger partial charge in [0.05, 0.1) is 106 Å². The number of ether oxygens (including phenoxy) is 5. The summed E-state index contributed by atoms with van der Waals surface area (Å²) < 4.78 is 44.3. The van der Waals surface area contributed by atoms with Crippen LogP contribution in [0.3, 0.4) is 0 Å². The Hall–Kier alpha value is -6.44. The summed E-state index contributed by atoms with van der Waals surface area (Å²) in [4.78, 5) is 73.0. The van der Waals surface area contributed by atoms with Crippen molar-refractivity contribution in [1.29, 1.82) is 5.26 Å². The number of alkyl halides is 1. The molecule has 3 unspecified atom stereocenters. The lowest BCUT2D eigenvalue weighted by molar-refractivity contribution is -0.136. The van der Waals surface area contributed by atoms with E-state index in [1.807, 2.05) is 0 Å². The summed E-state index contributed by atoms with van der Waals surface area (Å²) in [5.74, 6) is -2.30. The zero-order chi connectivity index (χ0) is 45.0. The number of nitrogens with one attached hydrogen (secondary N) is 4. The number of carbonyl (C=O) groups is 5. The van der Waals surface area contributed by atoms with Gasteiger partial charge in [-0.25, -0.2) is 14.4 Å². The van der Waals surface area contributed by atoms with Crippen LogP contribution in [-0.2, 0) is 33.3 Å². The van der Waals surface area contributed by atoms with Crippen molar-refractivity contribution in [3.63, 3.8) is 0 Å². The topological polar surface area (TPSA) is 250 Å². The minimum atomic E-state index is -1.47. The van der Waals surface area contributed by atoms with E-state index >= 15 is 4.39 Å². The SMILES string of the molecule is CC(OCCOCCOCCOCCOCCNc1cccc2c1C(=O)N(C1CCC(=O)NC1=O)C2=O)C(F)CNC(=O)c1cnc(-n2ncc3cc(C#N)cnc32)cc1NC1CC1. The molecule has 2 aliphatic heterocycles. The number of halogens is 1. The Labute approximate surface area is 367 Å². The molecule has 338 valence electrons. The van der Waals surface area contributed by atoms with Crippen molar-refractivity contribution in [2.45, 2.75) is 57.0 Å². The van der Waals surface area contributed by atoms with Gasteiger partial charge in [0.15, 0.2) is 11.5 Å². The predicted molar refractivity (Wildman–Crippen MR) is 226 cm³/mol. The Bertz CT molecular complexity index is 2390. The number of amides is 5. The van der Waals surface area contributed by atoms with Gasteiger partial charge >= 0.3 is 0 Å². The highest BCUT2D eigenvalue weighted by atomic mass is 19.1. The van der Waals surface area contributed by atoms with Gasteiger partial charge in [0.25, 0.3) is 17.7 Å². The second-order valence-corrected chi connectivity index (χ2v) is 15.2. The van der Waals surface area contributed by atoms with Gasteiger partial charge in [0.2, 0.25) is 11.8 Å². The highest BCUT2D eigenvalue weighted by molar-refractivity contribution is 6.25. The Morgan fingerprint density at radius 1 is 0.906 bits per heavy atom. The quantitative estimate of drug-likeness (QED) is 0.0551. The molecule has 3 atom stereocenters. The zero-order valence-corrected chi connectivity index (χ0v) is 35.2. The lowest BCUT2D eigenvalue weighted by atomic mass is 10.0. The van der Waals surface area contributed by atoms with Crippen LogP contribution in [0.15, 0.2) is 48.9 Å². The number of hydrogen-bond donors (Lipinski definition) is 4. The molecule has 0 radical (unpaired) electrons. The minimum Gasteiger partial charge on any atom is -0.382 e. The first-order valence-electron chi connectivity index (χ1n) is 21.1. The average Bonchev–Trinajstić information content (AvgIpc) is 3.95. The minimum absolute atomic E-state index is 0.0473. The number of rotatable bonds is 25. The average molecular weight is 885 g/mol. The van der Waals surface area contributed by atoms with Crippen LogP contribution >= 0.6 is 0 Å². The van der Waals surface area contributed by atoms with Gasteiger partial charge in [-0.05, 0) is 44.4 Å². The van der Waals surface area contributed by atoms with E-state index in [9.17, 15) is 29.2 Å².